The monoisotopic (exact) mass is 351 g/mol. The molecule has 0 aliphatic carbocycles. The van der Waals surface area contributed by atoms with E-state index in [1.807, 2.05) is 20.8 Å². The summed E-state index contributed by atoms with van der Waals surface area (Å²) in [5.74, 6) is -0.149. The topological polar surface area (TPSA) is 29.1 Å². The summed E-state index contributed by atoms with van der Waals surface area (Å²) in [6, 6.07) is 9.24. The highest BCUT2D eigenvalue weighted by atomic mass is 79.9. The number of halogens is 2. The quantitative estimate of drug-likeness (QED) is 0.782. The fraction of sp³-hybridized carbons (Fsp3) is 0.188. The Bertz CT molecular complexity index is 659. The highest BCUT2D eigenvalue weighted by molar-refractivity contribution is 9.10. The summed E-state index contributed by atoms with van der Waals surface area (Å²) in [6.45, 7) is 6.03. The zero-order valence-electron chi connectivity index (χ0n) is 11.6. The minimum Gasteiger partial charge on any atom is -0.321 e. The summed E-state index contributed by atoms with van der Waals surface area (Å²) in [5, 5.41) is 3.56. The average Bonchev–Trinajstić information content (AvgIpc) is 2.33. The van der Waals surface area contributed by atoms with Gasteiger partial charge in [0.25, 0.3) is 5.91 Å². The molecule has 2 aromatic carbocycles. The Labute approximate surface area is 132 Å². The maximum atomic E-state index is 12.4. The van der Waals surface area contributed by atoms with Crippen molar-refractivity contribution in [2.75, 3.05) is 5.32 Å². The molecule has 0 aromatic heterocycles. The van der Waals surface area contributed by atoms with Gasteiger partial charge in [-0.25, -0.2) is 0 Å². The normalized spacial score (nSPS) is 10.4. The van der Waals surface area contributed by atoms with Crippen LogP contribution >= 0.6 is 27.5 Å². The average molecular weight is 353 g/mol. The number of rotatable bonds is 2. The van der Waals surface area contributed by atoms with Crippen molar-refractivity contribution in [1.82, 2.24) is 0 Å². The largest absolute Gasteiger partial charge is 0.321 e. The van der Waals surface area contributed by atoms with Gasteiger partial charge in [0.1, 0.15) is 0 Å². The number of benzene rings is 2. The first kappa shape index (κ1) is 15.1. The van der Waals surface area contributed by atoms with Crippen molar-refractivity contribution >= 4 is 39.1 Å². The molecule has 104 valence electrons. The number of amides is 1. The second-order valence-electron chi connectivity index (χ2n) is 4.85. The van der Waals surface area contributed by atoms with Crippen LogP contribution in [-0.2, 0) is 0 Å². The maximum Gasteiger partial charge on any atom is 0.256 e. The van der Waals surface area contributed by atoms with Gasteiger partial charge in [-0.2, -0.15) is 0 Å². The number of hydrogen-bond acceptors (Lipinski definition) is 1. The number of anilines is 1. The van der Waals surface area contributed by atoms with Crippen LogP contribution in [0.4, 0.5) is 5.69 Å². The van der Waals surface area contributed by atoms with Gasteiger partial charge in [0, 0.05) is 15.2 Å². The second kappa shape index (κ2) is 5.98. The van der Waals surface area contributed by atoms with E-state index >= 15 is 0 Å². The molecule has 0 atom stereocenters. The molecule has 0 heterocycles. The van der Waals surface area contributed by atoms with Gasteiger partial charge in [0.05, 0.1) is 5.56 Å². The lowest BCUT2D eigenvalue weighted by atomic mass is 10.0. The van der Waals surface area contributed by atoms with E-state index in [0.717, 1.165) is 16.8 Å². The van der Waals surface area contributed by atoms with Crippen molar-refractivity contribution in [3.63, 3.8) is 0 Å². The van der Waals surface area contributed by atoms with Crippen molar-refractivity contribution in [2.24, 2.45) is 0 Å². The summed E-state index contributed by atoms with van der Waals surface area (Å²) in [7, 11) is 0. The molecule has 1 N–H and O–H groups in total. The van der Waals surface area contributed by atoms with Crippen molar-refractivity contribution in [3.8, 4) is 0 Å². The molecule has 0 aliphatic heterocycles. The van der Waals surface area contributed by atoms with Gasteiger partial charge in [0.2, 0.25) is 0 Å². The van der Waals surface area contributed by atoms with Crippen LogP contribution in [0.2, 0.25) is 5.02 Å². The minimum atomic E-state index is -0.149. The molecule has 0 radical (unpaired) electrons. The lowest BCUT2D eigenvalue weighted by Crippen LogP contribution is -2.14. The molecule has 0 saturated carbocycles. The van der Waals surface area contributed by atoms with Crippen LogP contribution in [0.25, 0.3) is 0 Å². The number of carbonyl (C=O) groups excluding carboxylic acids is 1. The smallest absolute Gasteiger partial charge is 0.256 e. The molecule has 0 bridgehead atoms. The molecule has 0 aliphatic rings. The van der Waals surface area contributed by atoms with Crippen LogP contribution in [0.1, 0.15) is 27.0 Å². The first-order valence-electron chi connectivity index (χ1n) is 6.22. The number of hydrogen-bond donors (Lipinski definition) is 1. The summed E-state index contributed by atoms with van der Waals surface area (Å²) >= 11 is 9.25. The predicted octanol–water partition coefficient (Wildman–Crippen LogP) is 5.28. The molecule has 20 heavy (non-hydrogen) atoms. The zero-order chi connectivity index (χ0) is 14.9. The summed E-state index contributed by atoms with van der Waals surface area (Å²) in [6.07, 6.45) is 0. The first-order chi connectivity index (χ1) is 9.38. The van der Waals surface area contributed by atoms with E-state index in [4.69, 9.17) is 11.6 Å². The van der Waals surface area contributed by atoms with Crippen molar-refractivity contribution in [3.05, 3.63) is 62.1 Å². The summed E-state index contributed by atoms with van der Waals surface area (Å²) in [4.78, 5) is 12.4. The van der Waals surface area contributed by atoms with E-state index in [-0.39, 0.29) is 5.91 Å². The van der Waals surface area contributed by atoms with Gasteiger partial charge in [-0.1, -0.05) is 29.3 Å². The molecule has 0 fully saturated rings. The number of nitrogens with one attached hydrogen (secondary N) is 1. The van der Waals surface area contributed by atoms with E-state index in [2.05, 4.69) is 33.4 Å². The third-order valence-electron chi connectivity index (χ3n) is 3.09. The summed E-state index contributed by atoms with van der Waals surface area (Å²) < 4.78 is 0.685. The lowest BCUT2D eigenvalue weighted by molar-refractivity contribution is 0.102. The highest BCUT2D eigenvalue weighted by Crippen LogP contribution is 2.25. The van der Waals surface area contributed by atoms with Crippen LogP contribution in [0.5, 0.6) is 0 Å². The van der Waals surface area contributed by atoms with Gasteiger partial charge in [-0.15, -0.1) is 0 Å². The molecular formula is C16H15BrClNO. The third-order valence-corrected chi connectivity index (χ3v) is 3.98. The van der Waals surface area contributed by atoms with E-state index in [0.29, 0.717) is 15.1 Å². The van der Waals surface area contributed by atoms with E-state index in [1.165, 1.54) is 5.56 Å². The second-order valence-corrected chi connectivity index (χ2v) is 6.14. The summed E-state index contributed by atoms with van der Waals surface area (Å²) in [5.41, 5.74) is 4.73. The van der Waals surface area contributed by atoms with Gasteiger partial charge in [-0.05, 0) is 66.0 Å². The molecule has 2 rings (SSSR count). The van der Waals surface area contributed by atoms with Gasteiger partial charge < -0.3 is 5.32 Å². The molecule has 2 nitrogen and oxygen atoms in total. The third kappa shape index (κ3) is 3.22. The van der Waals surface area contributed by atoms with E-state index in [9.17, 15) is 4.79 Å². The van der Waals surface area contributed by atoms with E-state index in [1.54, 1.807) is 18.2 Å². The van der Waals surface area contributed by atoms with Crippen molar-refractivity contribution in [2.45, 2.75) is 20.8 Å². The van der Waals surface area contributed by atoms with Crippen molar-refractivity contribution in [1.29, 1.82) is 0 Å². The Morgan fingerprint density at radius 3 is 2.25 bits per heavy atom. The molecule has 0 spiro atoms. The Balaban J connectivity index is 2.33. The Hall–Kier alpha value is -1.32. The van der Waals surface area contributed by atoms with Crippen LogP contribution in [0.3, 0.4) is 0 Å². The van der Waals surface area contributed by atoms with Crippen LogP contribution in [0, 0.1) is 20.8 Å². The Morgan fingerprint density at radius 1 is 1.10 bits per heavy atom. The van der Waals surface area contributed by atoms with Crippen LogP contribution in [-0.4, -0.2) is 5.91 Å². The zero-order valence-corrected chi connectivity index (χ0v) is 13.9. The first-order valence-corrected chi connectivity index (χ1v) is 7.40. The number of carbonyl (C=O) groups is 1. The maximum absolute atomic E-state index is 12.4. The van der Waals surface area contributed by atoms with Crippen LogP contribution in [0.15, 0.2) is 34.8 Å². The fourth-order valence-electron chi connectivity index (χ4n) is 2.23. The SMILES string of the molecule is Cc1cc(C)c(NC(=O)c2ccc(Cl)cc2Br)c(C)c1. The molecule has 0 unspecified atom stereocenters. The Kier molecular flexibility index (Phi) is 4.51. The fourth-order valence-corrected chi connectivity index (χ4v) is 3.09. The van der Waals surface area contributed by atoms with Gasteiger partial charge in [-0.3, -0.25) is 4.79 Å². The van der Waals surface area contributed by atoms with Gasteiger partial charge >= 0.3 is 0 Å². The highest BCUT2D eigenvalue weighted by Gasteiger charge is 2.13. The van der Waals surface area contributed by atoms with Gasteiger partial charge in [0.15, 0.2) is 0 Å². The lowest BCUT2D eigenvalue weighted by Gasteiger charge is -2.13. The predicted molar refractivity (Wildman–Crippen MR) is 87.8 cm³/mol. The van der Waals surface area contributed by atoms with E-state index < -0.39 is 0 Å². The minimum absolute atomic E-state index is 0.149. The number of aryl methyl sites for hydroxylation is 3. The van der Waals surface area contributed by atoms with Crippen molar-refractivity contribution < 1.29 is 4.79 Å². The standard InChI is InChI=1S/C16H15BrClNO/c1-9-6-10(2)15(11(3)7-9)19-16(20)13-5-4-12(18)8-14(13)17/h4-8H,1-3H3,(H,19,20). The molecular weight excluding hydrogens is 338 g/mol. The molecule has 2 aromatic rings. The Morgan fingerprint density at radius 2 is 1.70 bits per heavy atom. The molecule has 0 saturated heterocycles. The van der Waals surface area contributed by atoms with Crippen LogP contribution < -0.4 is 5.32 Å². The molecule has 4 heteroatoms. The molecule has 1 amide bonds.